The first-order valence-electron chi connectivity index (χ1n) is 6.51. The highest BCUT2D eigenvalue weighted by Crippen LogP contribution is 2.37. The number of anilines is 1. The molecule has 0 saturated carbocycles. The van der Waals surface area contributed by atoms with Crippen LogP contribution in [0.3, 0.4) is 0 Å². The largest absolute Gasteiger partial charge is 0.378 e. The van der Waals surface area contributed by atoms with Crippen LogP contribution < -0.4 is 4.90 Å². The van der Waals surface area contributed by atoms with E-state index >= 15 is 0 Å². The van der Waals surface area contributed by atoms with E-state index in [1.165, 1.54) is 6.33 Å². The van der Waals surface area contributed by atoms with Crippen molar-refractivity contribution in [2.45, 2.75) is 6.42 Å². The molecule has 0 radical (unpaired) electrons. The van der Waals surface area contributed by atoms with Crippen molar-refractivity contribution in [3.8, 4) is 11.3 Å². The van der Waals surface area contributed by atoms with Gasteiger partial charge in [0.25, 0.3) is 0 Å². The molecule has 1 aliphatic heterocycles. The minimum Gasteiger partial charge on any atom is -0.378 e. The highest BCUT2D eigenvalue weighted by molar-refractivity contribution is 6.32. The number of hydrogen-bond donors (Lipinski definition) is 0. The predicted molar refractivity (Wildman–Crippen MR) is 73.9 cm³/mol. The number of fused-ring (bicyclic) bond motifs is 3. The molecule has 3 heterocycles. The van der Waals surface area contributed by atoms with Gasteiger partial charge >= 0.3 is 0 Å². The average Bonchev–Trinajstić information content (AvgIpc) is 2.87. The van der Waals surface area contributed by atoms with Crippen LogP contribution in [0, 0.1) is 0 Å². The van der Waals surface area contributed by atoms with E-state index in [1.807, 2.05) is 6.20 Å². The Morgan fingerprint density at radius 2 is 2.00 bits per heavy atom. The maximum Gasteiger partial charge on any atom is 0.226 e. The van der Waals surface area contributed by atoms with Crippen molar-refractivity contribution in [1.82, 2.24) is 19.9 Å². The summed E-state index contributed by atoms with van der Waals surface area (Å²) in [6.45, 7) is 3.04. The minimum atomic E-state index is 0.459. The number of hydrogen-bond acceptors (Lipinski definition) is 6. The van der Waals surface area contributed by atoms with Crippen molar-refractivity contribution in [2.24, 2.45) is 0 Å². The van der Waals surface area contributed by atoms with Crippen molar-refractivity contribution >= 4 is 17.5 Å². The molecule has 0 amide bonds. The Kier molecular flexibility index (Phi) is 2.78. The van der Waals surface area contributed by atoms with Gasteiger partial charge < -0.3 is 9.64 Å². The van der Waals surface area contributed by atoms with E-state index in [0.717, 1.165) is 48.0 Å². The zero-order valence-electron chi connectivity index (χ0n) is 10.7. The molecule has 1 aliphatic carbocycles. The third-order valence-corrected chi connectivity index (χ3v) is 3.91. The van der Waals surface area contributed by atoms with E-state index in [-0.39, 0.29) is 0 Å². The monoisotopic (exact) mass is 289 g/mol. The molecule has 0 aromatic carbocycles. The van der Waals surface area contributed by atoms with E-state index in [9.17, 15) is 0 Å². The van der Waals surface area contributed by atoms with Gasteiger partial charge in [0.05, 0.1) is 30.2 Å². The average molecular weight is 290 g/mol. The van der Waals surface area contributed by atoms with E-state index in [4.69, 9.17) is 16.3 Å². The third-order valence-electron chi connectivity index (χ3n) is 3.62. The second kappa shape index (κ2) is 4.64. The predicted octanol–water partition coefficient (Wildman–Crippen LogP) is 1.33. The summed E-state index contributed by atoms with van der Waals surface area (Å²) in [7, 11) is 0. The number of aromatic nitrogens is 4. The van der Waals surface area contributed by atoms with Crippen LogP contribution in [0.15, 0.2) is 12.5 Å². The SMILES string of the molecule is Clc1ncnc2c1-c1nc(N3CCOCC3)ncc1C2. The summed E-state index contributed by atoms with van der Waals surface area (Å²) in [5, 5.41) is 0.459. The number of morpholine rings is 1. The highest BCUT2D eigenvalue weighted by atomic mass is 35.5. The summed E-state index contributed by atoms with van der Waals surface area (Å²) in [5.74, 6) is 0.722. The summed E-state index contributed by atoms with van der Waals surface area (Å²) >= 11 is 6.19. The molecule has 102 valence electrons. The van der Waals surface area contributed by atoms with Gasteiger partial charge in [-0.25, -0.2) is 19.9 Å². The maximum absolute atomic E-state index is 6.19. The smallest absolute Gasteiger partial charge is 0.226 e. The van der Waals surface area contributed by atoms with Crippen molar-refractivity contribution in [3.63, 3.8) is 0 Å². The van der Waals surface area contributed by atoms with Crippen LogP contribution in [0.2, 0.25) is 5.15 Å². The Bertz CT molecular complexity index is 672. The van der Waals surface area contributed by atoms with Gasteiger partial charge in [-0.3, -0.25) is 0 Å². The molecule has 6 nitrogen and oxygen atoms in total. The van der Waals surface area contributed by atoms with Gasteiger partial charge in [0.2, 0.25) is 5.95 Å². The van der Waals surface area contributed by atoms with Gasteiger partial charge in [0.1, 0.15) is 11.5 Å². The lowest BCUT2D eigenvalue weighted by Gasteiger charge is -2.26. The first-order chi connectivity index (χ1) is 9.83. The molecule has 2 aliphatic rings. The molecule has 1 saturated heterocycles. The summed E-state index contributed by atoms with van der Waals surface area (Å²) in [5.41, 5.74) is 3.69. The molecule has 2 aromatic rings. The van der Waals surface area contributed by atoms with Crippen LogP contribution in [0.25, 0.3) is 11.3 Å². The first-order valence-corrected chi connectivity index (χ1v) is 6.89. The van der Waals surface area contributed by atoms with Crippen LogP contribution in [-0.4, -0.2) is 46.2 Å². The van der Waals surface area contributed by atoms with Gasteiger partial charge in [-0.1, -0.05) is 11.6 Å². The van der Waals surface area contributed by atoms with Gasteiger partial charge in [-0.15, -0.1) is 0 Å². The topological polar surface area (TPSA) is 64.0 Å². The maximum atomic E-state index is 6.19. The molecule has 0 atom stereocenters. The summed E-state index contributed by atoms with van der Waals surface area (Å²) in [6.07, 6.45) is 4.07. The molecule has 20 heavy (non-hydrogen) atoms. The van der Waals surface area contributed by atoms with E-state index in [0.29, 0.717) is 18.4 Å². The second-order valence-electron chi connectivity index (χ2n) is 4.81. The quantitative estimate of drug-likeness (QED) is 0.630. The normalized spacial score (nSPS) is 16.9. The fraction of sp³-hybridized carbons (Fsp3) is 0.385. The van der Waals surface area contributed by atoms with Gasteiger partial charge in [-0.2, -0.15) is 0 Å². The standard InChI is InChI=1S/C13H12ClN5O/c14-12-10-9(16-7-17-12)5-8-6-15-13(18-11(8)10)19-1-3-20-4-2-19/h6-7H,1-5H2. The lowest BCUT2D eigenvalue weighted by Crippen LogP contribution is -2.37. The summed E-state index contributed by atoms with van der Waals surface area (Å²) in [6, 6.07) is 0. The Morgan fingerprint density at radius 3 is 2.85 bits per heavy atom. The Labute approximate surface area is 120 Å². The van der Waals surface area contributed by atoms with Gasteiger partial charge in [-0.05, 0) is 0 Å². The van der Waals surface area contributed by atoms with Crippen molar-refractivity contribution in [1.29, 1.82) is 0 Å². The van der Waals surface area contributed by atoms with Crippen molar-refractivity contribution in [3.05, 3.63) is 28.9 Å². The molecule has 7 heteroatoms. The zero-order chi connectivity index (χ0) is 13.5. The molecular formula is C13H12ClN5O. The van der Waals surface area contributed by atoms with Crippen LogP contribution in [0.4, 0.5) is 5.95 Å². The van der Waals surface area contributed by atoms with E-state index < -0.39 is 0 Å². The van der Waals surface area contributed by atoms with Crippen LogP contribution in [0.5, 0.6) is 0 Å². The molecule has 4 rings (SSSR count). The molecule has 0 unspecified atom stereocenters. The van der Waals surface area contributed by atoms with Crippen LogP contribution in [-0.2, 0) is 11.2 Å². The minimum absolute atomic E-state index is 0.459. The van der Waals surface area contributed by atoms with Crippen LogP contribution >= 0.6 is 11.6 Å². The van der Waals surface area contributed by atoms with E-state index in [2.05, 4.69) is 24.8 Å². The van der Waals surface area contributed by atoms with Gasteiger partial charge in [0.15, 0.2) is 0 Å². The number of nitrogens with zero attached hydrogens (tertiary/aromatic N) is 5. The highest BCUT2D eigenvalue weighted by Gasteiger charge is 2.26. The third kappa shape index (κ3) is 1.83. The number of halogens is 1. The Morgan fingerprint density at radius 1 is 1.15 bits per heavy atom. The first kappa shape index (κ1) is 12.0. The van der Waals surface area contributed by atoms with Crippen LogP contribution in [0.1, 0.15) is 11.3 Å². The fourth-order valence-electron chi connectivity index (χ4n) is 2.61. The lowest BCUT2D eigenvalue weighted by atomic mass is 10.2. The van der Waals surface area contributed by atoms with E-state index in [1.54, 1.807) is 0 Å². The molecule has 1 fully saturated rings. The lowest BCUT2D eigenvalue weighted by molar-refractivity contribution is 0.122. The summed E-state index contributed by atoms with van der Waals surface area (Å²) < 4.78 is 5.35. The molecule has 0 N–H and O–H groups in total. The van der Waals surface area contributed by atoms with Gasteiger partial charge in [0, 0.05) is 31.3 Å². The molecule has 2 aromatic heterocycles. The molecular weight excluding hydrogens is 278 g/mol. The number of ether oxygens (including phenoxy) is 1. The zero-order valence-corrected chi connectivity index (χ0v) is 11.5. The molecule has 0 bridgehead atoms. The Balaban J connectivity index is 1.78. The second-order valence-corrected chi connectivity index (χ2v) is 5.16. The number of rotatable bonds is 1. The van der Waals surface area contributed by atoms with Crippen molar-refractivity contribution < 1.29 is 4.74 Å². The fourth-order valence-corrected chi connectivity index (χ4v) is 2.85. The molecule has 0 spiro atoms. The summed E-state index contributed by atoms with van der Waals surface area (Å²) in [4.78, 5) is 19.6. The Hall–Kier alpha value is -1.79. The van der Waals surface area contributed by atoms with Crippen molar-refractivity contribution in [2.75, 3.05) is 31.2 Å².